The van der Waals surface area contributed by atoms with E-state index in [-0.39, 0.29) is 25.2 Å². The van der Waals surface area contributed by atoms with Crippen molar-refractivity contribution in [2.75, 3.05) is 6.54 Å². The van der Waals surface area contributed by atoms with Crippen molar-refractivity contribution < 1.29 is 34.1 Å². The number of nitrogens with zero attached hydrogens (tertiary/aromatic N) is 2. The van der Waals surface area contributed by atoms with Gasteiger partial charge < -0.3 is 14.9 Å². The molecule has 0 aliphatic carbocycles. The summed E-state index contributed by atoms with van der Waals surface area (Å²) in [4.78, 5) is 47.9. The normalized spacial score (nSPS) is 24.4. The highest BCUT2D eigenvalue weighted by atomic mass is 16.7. The zero-order valence-electron chi connectivity index (χ0n) is 15.6. The first-order valence-electron chi connectivity index (χ1n) is 9.22. The number of fused-ring (bicyclic) bond motifs is 1. The van der Waals surface area contributed by atoms with Crippen LogP contribution in [0.4, 0.5) is 4.79 Å². The molecule has 2 heterocycles. The molecule has 2 aliphatic rings. The third kappa shape index (κ3) is 5.31. The molecule has 10 heteroatoms. The van der Waals surface area contributed by atoms with Crippen LogP contribution in [0.5, 0.6) is 0 Å². The van der Waals surface area contributed by atoms with Crippen molar-refractivity contribution in [3.63, 3.8) is 0 Å². The highest BCUT2D eigenvalue weighted by Crippen LogP contribution is 2.26. The highest BCUT2D eigenvalue weighted by Gasteiger charge is 2.44. The van der Waals surface area contributed by atoms with Crippen molar-refractivity contribution >= 4 is 23.9 Å². The molecule has 0 radical (unpaired) electrons. The van der Waals surface area contributed by atoms with Gasteiger partial charge in [0.05, 0.1) is 6.04 Å². The molecule has 0 aromatic rings. The summed E-state index contributed by atoms with van der Waals surface area (Å²) >= 11 is 0. The second kappa shape index (κ2) is 9.03. The fourth-order valence-corrected chi connectivity index (χ4v) is 3.39. The average molecular weight is 385 g/mol. The number of carbonyl (C=O) groups is 4. The lowest BCUT2D eigenvalue weighted by Gasteiger charge is -2.42. The molecule has 0 aromatic heterocycles. The van der Waals surface area contributed by atoms with E-state index in [1.165, 1.54) is 5.01 Å². The van der Waals surface area contributed by atoms with Crippen molar-refractivity contribution in [1.82, 2.24) is 15.3 Å². The molecule has 3 unspecified atom stereocenters. The summed E-state index contributed by atoms with van der Waals surface area (Å²) in [6.45, 7) is 4.26. The van der Waals surface area contributed by atoms with Crippen LogP contribution < -0.4 is 5.32 Å². The van der Waals surface area contributed by atoms with Gasteiger partial charge in [-0.2, -0.15) is 0 Å². The molecule has 3 atom stereocenters. The number of carboxylic acid groups (broad SMARTS) is 2. The largest absolute Gasteiger partial charge is 0.507 e. The summed E-state index contributed by atoms with van der Waals surface area (Å²) in [6, 6.07) is -1.82. The van der Waals surface area contributed by atoms with E-state index in [1.54, 1.807) is 0 Å². The summed E-state index contributed by atoms with van der Waals surface area (Å²) in [5.74, 6) is -1.60. The van der Waals surface area contributed by atoms with Gasteiger partial charge in [-0.15, -0.1) is 0 Å². The Bertz CT molecular complexity index is 595. The van der Waals surface area contributed by atoms with Crippen LogP contribution in [-0.4, -0.2) is 69.0 Å². The van der Waals surface area contributed by atoms with Crippen molar-refractivity contribution in [3.05, 3.63) is 0 Å². The second-order valence-electron chi connectivity index (χ2n) is 7.30. The Morgan fingerprint density at radius 2 is 1.93 bits per heavy atom. The maximum atomic E-state index is 13.0. The van der Waals surface area contributed by atoms with Crippen LogP contribution in [0.25, 0.3) is 0 Å². The van der Waals surface area contributed by atoms with Crippen molar-refractivity contribution in [3.8, 4) is 0 Å². The SMILES string of the molecule is CC(C)CCC(NC1CCC(=O)N2CCCC(OC(=O)O)N2C1=O)C(=O)O. The van der Waals surface area contributed by atoms with Gasteiger partial charge in [0, 0.05) is 19.4 Å². The van der Waals surface area contributed by atoms with Gasteiger partial charge in [-0.25, -0.2) is 14.8 Å². The number of hydrogen-bond acceptors (Lipinski definition) is 6. The predicted octanol–water partition coefficient (Wildman–Crippen LogP) is 1.01. The molecule has 2 rings (SSSR count). The molecule has 0 bridgehead atoms. The fourth-order valence-electron chi connectivity index (χ4n) is 3.39. The number of amides is 2. The monoisotopic (exact) mass is 385 g/mol. The van der Waals surface area contributed by atoms with Crippen LogP contribution in [0.2, 0.25) is 0 Å². The third-order valence-corrected chi connectivity index (χ3v) is 4.78. The quantitative estimate of drug-likeness (QED) is 0.553. The van der Waals surface area contributed by atoms with Gasteiger partial charge >= 0.3 is 12.1 Å². The van der Waals surface area contributed by atoms with Crippen molar-refractivity contribution in [2.24, 2.45) is 5.92 Å². The van der Waals surface area contributed by atoms with Gasteiger partial charge in [0.15, 0.2) is 6.23 Å². The highest BCUT2D eigenvalue weighted by molar-refractivity contribution is 5.89. The summed E-state index contributed by atoms with van der Waals surface area (Å²) in [5.41, 5.74) is 0. The van der Waals surface area contributed by atoms with E-state index in [9.17, 15) is 24.3 Å². The third-order valence-electron chi connectivity index (χ3n) is 4.78. The van der Waals surface area contributed by atoms with Crippen molar-refractivity contribution in [1.29, 1.82) is 0 Å². The molecule has 0 saturated carbocycles. The Hall–Kier alpha value is -2.36. The van der Waals surface area contributed by atoms with Gasteiger partial charge in [-0.05, 0) is 31.6 Å². The van der Waals surface area contributed by atoms with E-state index in [1.807, 2.05) is 13.8 Å². The van der Waals surface area contributed by atoms with E-state index in [0.717, 1.165) is 5.01 Å². The molecule has 2 fully saturated rings. The van der Waals surface area contributed by atoms with Gasteiger partial charge in [0.25, 0.3) is 5.91 Å². The van der Waals surface area contributed by atoms with Crippen LogP contribution in [0.3, 0.4) is 0 Å². The standard InChI is InChI=1S/C17H27N3O7/c1-10(2)5-6-12(16(23)24)18-11-7-8-13(21)19-9-3-4-14(27-17(25)26)20(19)15(11)22/h10-12,14,18H,3-9H2,1-2H3,(H,23,24)(H,25,26). The molecular formula is C17H27N3O7. The molecule has 2 amide bonds. The Morgan fingerprint density at radius 1 is 1.22 bits per heavy atom. The minimum atomic E-state index is -1.53. The number of carboxylic acids is 1. The number of rotatable bonds is 7. The van der Waals surface area contributed by atoms with E-state index in [2.05, 4.69) is 5.32 Å². The molecule has 0 aromatic carbocycles. The maximum absolute atomic E-state index is 13.0. The first-order chi connectivity index (χ1) is 12.7. The smallest absolute Gasteiger partial charge is 0.480 e. The lowest BCUT2D eigenvalue weighted by atomic mass is 10.0. The van der Waals surface area contributed by atoms with E-state index in [0.29, 0.717) is 31.7 Å². The molecule has 152 valence electrons. The number of ether oxygens (including phenoxy) is 1. The molecule has 3 N–H and O–H groups in total. The molecule has 2 aliphatic heterocycles. The van der Waals surface area contributed by atoms with E-state index >= 15 is 0 Å². The number of aliphatic carboxylic acids is 1. The molecule has 0 spiro atoms. The maximum Gasteiger partial charge on any atom is 0.507 e. The Balaban J connectivity index is 2.19. The van der Waals surface area contributed by atoms with Crippen LogP contribution in [0.15, 0.2) is 0 Å². The summed E-state index contributed by atoms with van der Waals surface area (Å²) in [6.07, 6.45) is -0.590. The van der Waals surface area contributed by atoms with Gasteiger partial charge in [-0.1, -0.05) is 13.8 Å². The van der Waals surface area contributed by atoms with Crippen LogP contribution in [0.1, 0.15) is 52.4 Å². The molecule has 2 saturated heterocycles. The van der Waals surface area contributed by atoms with E-state index in [4.69, 9.17) is 9.84 Å². The first-order valence-corrected chi connectivity index (χ1v) is 9.22. The van der Waals surface area contributed by atoms with Crippen molar-refractivity contribution in [2.45, 2.75) is 70.7 Å². The lowest BCUT2D eigenvalue weighted by molar-refractivity contribution is -0.196. The summed E-state index contributed by atoms with van der Waals surface area (Å²) < 4.78 is 4.80. The lowest BCUT2D eigenvalue weighted by Crippen LogP contribution is -2.61. The zero-order chi connectivity index (χ0) is 20.1. The molecule has 27 heavy (non-hydrogen) atoms. The Labute approximate surface area is 157 Å². The Kier molecular flexibility index (Phi) is 7.00. The number of carbonyl (C=O) groups excluding carboxylic acids is 2. The van der Waals surface area contributed by atoms with Crippen LogP contribution in [-0.2, 0) is 19.1 Å². The molecular weight excluding hydrogens is 358 g/mol. The number of nitrogens with one attached hydrogen (secondary N) is 1. The van der Waals surface area contributed by atoms with Gasteiger partial charge in [0.1, 0.15) is 6.04 Å². The number of hydrazine groups is 1. The minimum absolute atomic E-state index is 0.0657. The molecule has 10 nitrogen and oxygen atoms in total. The van der Waals surface area contributed by atoms with E-state index < -0.39 is 36.3 Å². The van der Waals surface area contributed by atoms with Crippen LogP contribution >= 0.6 is 0 Å². The zero-order valence-corrected chi connectivity index (χ0v) is 15.6. The van der Waals surface area contributed by atoms with Gasteiger partial charge in [-0.3, -0.25) is 19.7 Å². The topological polar surface area (TPSA) is 136 Å². The number of hydrogen-bond donors (Lipinski definition) is 3. The van der Waals surface area contributed by atoms with Gasteiger partial charge in [0.2, 0.25) is 5.91 Å². The summed E-state index contributed by atoms with van der Waals surface area (Å²) in [7, 11) is 0. The first kappa shape index (κ1) is 20.9. The summed E-state index contributed by atoms with van der Waals surface area (Å²) in [5, 5.41) is 23.5. The minimum Gasteiger partial charge on any atom is -0.480 e. The Morgan fingerprint density at radius 3 is 2.52 bits per heavy atom. The average Bonchev–Trinajstić information content (AvgIpc) is 2.70. The fraction of sp³-hybridized carbons (Fsp3) is 0.765. The predicted molar refractivity (Wildman–Crippen MR) is 92.3 cm³/mol. The van der Waals surface area contributed by atoms with Crippen LogP contribution in [0, 0.1) is 5.92 Å². The second-order valence-corrected chi connectivity index (χ2v) is 7.30.